The number of nitrogens with one attached hydrogen (secondary N) is 1. The highest BCUT2D eigenvalue weighted by atomic mass is 32.1. The summed E-state index contributed by atoms with van der Waals surface area (Å²) in [6.45, 7) is 0.252. The Bertz CT molecular complexity index is 1270. The molecule has 27 heavy (non-hydrogen) atoms. The number of halogens is 1. The molecule has 0 saturated carbocycles. The van der Waals surface area contributed by atoms with Crippen LogP contribution in [0.2, 0.25) is 0 Å². The number of benzene rings is 2. The van der Waals surface area contributed by atoms with Crippen molar-refractivity contribution < 1.29 is 9.18 Å². The van der Waals surface area contributed by atoms with Crippen molar-refractivity contribution >= 4 is 28.0 Å². The van der Waals surface area contributed by atoms with Crippen LogP contribution in [0.5, 0.6) is 0 Å². The zero-order valence-electron chi connectivity index (χ0n) is 13.9. The fourth-order valence-electron chi connectivity index (χ4n) is 2.73. The molecule has 0 atom stereocenters. The fourth-order valence-corrected chi connectivity index (χ4v) is 3.46. The lowest BCUT2D eigenvalue weighted by Gasteiger charge is -2.04. The smallest absolute Gasteiger partial charge is 0.300 e. The topological polar surface area (TPSA) is 80.1 Å². The minimum atomic E-state index is -0.577. The van der Waals surface area contributed by atoms with Gasteiger partial charge in [-0.05, 0) is 12.1 Å². The van der Waals surface area contributed by atoms with Crippen molar-refractivity contribution in [2.24, 2.45) is 4.99 Å². The van der Waals surface area contributed by atoms with E-state index in [4.69, 9.17) is 0 Å². The predicted octanol–water partition coefficient (Wildman–Crippen LogP) is 2.71. The zero-order valence-corrected chi connectivity index (χ0v) is 14.7. The van der Waals surface area contributed by atoms with E-state index in [0.29, 0.717) is 21.1 Å². The SMILES string of the molecule is O=C(N=c1sccn1Cc1ccccc1F)c1n[nH]c(=O)c2ccccc12. The van der Waals surface area contributed by atoms with Crippen LogP contribution in [-0.2, 0) is 6.54 Å². The third-order valence-corrected chi connectivity index (χ3v) is 4.85. The molecule has 4 rings (SSSR count). The summed E-state index contributed by atoms with van der Waals surface area (Å²) in [5.74, 6) is -0.894. The van der Waals surface area contributed by atoms with Gasteiger partial charge in [-0.25, -0.2) is 9.49 Å². The van der Waals surface area contributed by atoms with Gasteiger partial charge in [-0.15, -0.1) is 11.3 Å². The molecule has 1 amide bonds. The molecule has 2 aromatic heterocycles. The second-order valence-electron chi connectivity index (χ2n) is 5.77. The Morgan fingerprint density at radius 1 is 1.15 bits per heavy atom. The van der Waals surface area contributed by atoms with Crippen LogP contribution < -0.4 is 10.4 Å². The molecule has 2 aromatic carbocycles. The van der Waals surface area contributed by atoms with Crippen LogP contribution in [0.4, 0.5) is 4.39 Å². The van der Waals surface area contributed by atoms with Crippen molar-refractivity contribution in [3.8, 4) is 0 Å². The van der Waals surface area contributed by atoms with E-state index < -0.39 is 5.91 Å². The molecular formula is C19H13FN4O2S. The number of rotatable bonds is 3. The molecule has 0 fully saturated rings. The Kier molecular flexibility index (Phi) is 4.47. The van der Waals surface area contributed by atoms with E-state index in [1.165, 1.54) is 17.4 Å². The van der Waals surface area contributed by atoms with Gasteiger partial charge < -0.3 is 4.57 Å². The number of carbonyl (C=O) groups excluding carboxylic acids is 1. The molecule has 8 heteroatoms. The standard InChI is InChI=1S/C19H13FN4O2S/c20-15-8-4-1-5-12(15)11-24-9-10-27-19(24)21-18(26)16-13-6-2-3-7-14(13)17(25)23-22-16/h1-10H,11H2,(H,23,25). The first-order valence-electron chi connectivity index (χ1n) is 8.07. The molecule has 134 valence electrons. The maximum absolute atomic E-state index is 13.9. The number of thiazole rings is 1. The van der Waals surface area contributed by atoms with E-state index in [9.17, 15) is 14.0 Å². The first-order valence-corrected chi connectivity index (χ1v) is 8.95. The minimum Gasteiger partial charge on any atom is -0.319 e. The summed E-state index contributed by atoms with van der Waals surface area (Å²) in [4.78, 5) is 29.1. The lowest BCUT2D eigenvalue weighted by molar-refractivity contribution is 0.0994. The summed E-state index contributed by atoms with van der Waals surface area (Å²) in [7, 11) is 0. The molecule has 1 N–H and O–H groups in total. The molecule has 0 spiro atoms. The van der Waals surface area contributed by atoms with Crippen LogP contribution in [0.3, 0.4) is 0 Å². The number of aromatic amines is 1. The van der Waals surface area contributed by atoms with E-state index in [2.05, 4.69) is 15.2 Å². The van der Waals surface area contributed by atoms with Gasteiger partial charge in [0.15, 0.2) is 10.5 Å². The Hall–Kier alpha value is -3.39. The van der Waals surface area contributed by atoms with Crippen LogP contribution in [-0.4, -0.2) is 20.7 Å². The summed E-state index contributed by atoms with van der Waals surface area (Å²) < 4.78 is 15.6. The number of hydrogen-bond donors (Lipinski definition) is 1. The average molecular weight is 380 g/mol. The number of H-pyrrole nitrogens is 1. The van der Waals surface area contributed by atoms with Gasteiger partial charge in [0.05, 0.1) is 11.9 Å². The third kappa shape index (κ3) is 3.34. The summed E-state index contributed by atoms with van der Waals surface area (Å²) in [5.41, 5.74) is 0.196. The first kappa shape index (κ1) is 17.0. The van der Waals surface area contributed by atoms with Crippen LogP contribution in [0.25, 0.3) is 10.8 Å². The van der Waals surface area contributed by atoms with Gasteiger partial charge in [0.1, 0.15) is 5.82 Å². The van der Waals surface area contributed by atoms with Crippen molar-refractivity contribution in [3.05, 3.63) is 92.3 Å². The Morgan fingerprint density at radius 3 is 2.70 bits per heavy atom. The van der Waals surface area contributed by atoms with Gasteiger partial charge >= 0.3 is 5.91 Å². The summed E-state index contributed by atoms with van der Waals surface area (Å²) in [6, 6.07) is 13.2. The van der Waals surface area contributed by atoms with E-state index in [1.807, 2.05) is 0 Å². The Balaban J connectivity index is 1.75. The van der Waals surface area contributed by atoms with Crippen molar-refractivity contribution in [1.29, 1.82) is 0 Å². The maximum atomic E-state index is 13.9. The Labute approximate surface area is 156 Å². The number of nitrogens with zero attached hydrogens (tertiary/aromatic N) is 3. The average Bonchev–Trinajstić information content (AvgIpc) is 3.11. The number of fused-ring (bicyclic) bond motifs is 1. The molecule has 4 aromatic rings. The number of hydrogen-bond acceptors (Lipinski definition) is 4. The van der Waals surface area contributed by atoms with Crippen molar-refractivity contribution in [3.63, 3.8) is 0 Å². The van der Waals surface area contributed by atoms with Crippen LogP contribution in [0.15, 0.2) is 69.9 Å². The zero-order chi connectivity index (χ0) is 18.8. The molecule has 6 nitrogen and oxygen atoms in total. The molecule has 0 aliphatic carbocycles. The Morgan fingerprint density at radius 2 is 1.89 bits per heavy atom. The molecule has 0 saturated heterocycles. The predicted molar refractivity (Wildman–Crippen MR) is 100 cm³/mol. The van der Waals surface area contributed by atoms with Crippen molar-refractivity contribution in [1.82, 2.24) is 14.8 Å². The highest BCUT2D eigenvalue weighted by molar-refractivity contribution is 7.07. The van der Waals surface area contributed by atoms with E-state index >= 15 is 0 Å². The first-order chi connectivity index (χ1) is 13.1. The lowest BCUT2D eigenvalue weighted by Crippen LogP contribution is -2.19. The molecule has 2 heterocycles. The van der Waals surface area contributed by atoms with Crippen molar-refractivity contribution in [2.45, 2.75) is 6.54 Å². The van der Waals surface area contributed by atoms with Gasteiger partial charge in [-0.2, -0.15) is 10.1 Å². The number of aromatic nitrogens is 3. The van der Waals surface area contributed by atoms with Gasteiger partial charge in [-0.1, -0.05) is 36.4 Å². The molecule has 0 aliphatic rings. The normalized spacial score (nSPS) is 11.8. The molecule has 0 radical (unpaired) electrons. The summed E-state index contributed by atoms with van der Waals surface area (Å²) in [5, 5.41) is 8.77. The van der Waals surface area contributed by atoms with Crippen LogP contribution >= 0.6 is 11.3 Å². The largest absolute Gasteiger partial charge is 0.319 e. The monoisotopic (exact) mass is 380 g/mol. The quantitative estimate of drug-likeness (QED) is 0.593. The van der Waals surface area contributed by atoms with Gasteiger partial charge in [-0.3, -0.25) is 9.59 Å². The second-order valence-corrected chi connectivity index (χ2v) is 6.64. The molecule has 0 unspecified atom stereocenters. The molecule has 0 aliphatic heterocycles. The highest BCUT2D eigenvalue weighted by Crippen LogP contribution is 2.13. The van der Waals surface area contributed by atoms with Gasteiger partial charge in [0, 0.05) is 22.5 Å². The van der Waals surface area contributed by atoms with Crippen LogP contribution in [0.1, 0.15) is 16.1 Å². The van der Waals surface area contributed by atoms with E-state index in [1.54, 1.807) is 58.6 Å². The summed E-state index contributed by atoms with van der Waals surface area (Å²) in [6.07, 6.45) is 1.74. The van der Waals surface area contributed by atoms with E-state index in [-0.39, 0.29) is 23.6 Å². The number of amides is 1. The second kappa shape index (κ2) is 7.08. The number of carbonyl (C=O) groups is 1. The summed E-state index contributed by atoms with van der Waals surface area (Å²) >= 11 is 1.26. The highest BCUT2D eigenvalue weighted by Gasteiger charge is 2.14. The molecule has 0 bridgehead atoms. The lowest BCUT2D eigenvalue weighted by atomic mass is 10.1. The van der Waals surface area contributed by atoms with Crippen molar-refractivity contribution in [2.75, 3.05) is 0 Å². The maximum Gasteiger partial charge on any atom is 0.300 e. The van der Waals surface area contributed by atoms with E-state index in [0.717, 1.165) is 0 Å². The fraction of sp³-hybridized carbons (Fsp3) is 0.0526. The van der Waals surface area contributed by atoms with Gasteiger partial charge in [0.2, 0.25) is 0 Å². The van der Waals surface area contributed by atoms with Gasteiger partial charge in [0.25, 0.3) is 5.56 Å². The molecular weight excluding hydrogens is 367 g/mol. The minimum absolute atomic E-state index is 0.0658. The van der Waals surface area contributed by atoms with Crippen LogP contribution in [0, 0.1) is 5.82 Å². The third-order valence-electron chi connectivity index (χ3n) is 4.05.